The summed E-state index contributed by atoms with van der Waals surface area (Å²) in [4.78, 5) is 19.8. The minimum atomic E-state index is -0.100. The van der Waals surface area contributed by atoms with Gasteiger partial charge in [0.25, 0.3) is 0 Å². The molecule has 0 N–H and O–H groups in total. The molecule has 0 radical (unpaired) electrons. The first-order chi connectivity index (χ1) is 12.8. The van der Waals surface area contributed by atoms with Crippen LogP contribution in [0.15, 0.2) is 54.3 Å². The lowest BCUT2D eigenvalue weighted by atomic mass is 10.2. The fraction of sp³-hybridized carbons (Fsp3) is 0.316. The number of hydrogen-bond donors (Lipinski definition) is 0. The second-order valence-corrected chi connectivity index (χ2v) is 7.36. The summed E-state index contributed by atoms with van der Waals surface area (Å²) in [5.74, 6) is 0.125. The third-order valence-corrected chi connectivity index (χ3v) is 5.33. The molecule has 0 aliphatic carbocycles. The van der Waals surface area contributed by atoms with E-state index in [0.29, 0.717) is 32.7 Å². The number of hydrogen-bond acceptors (Lipinski definition) is 5. The van der Waals surface area contributed by atoms with Crippen LogP contribution in [0.3, 0.4) is 0 Å². The monoisotopic (exact) mass is 368 g/mol. The summed E-state index contributed by atoms with van der Waals surface area (Å²) in [5.41, 5.74) is 2.11. The number of aromatic nitrogens is 3. The summed E-state index contributed by atoms with van der Waals surface area (Å²) in [6.07, 6.45) is 5.63. The summed E-state index contributed by atoms with van der Waals surface area (Å²) in [5, 5.41) is 6.38. The molecule has 4 heterocycles. The van der Waals surface area contributed by atoms with E-state index in [2.05, 4.69) is 10.1 Å². The van der Waals surface area contributed by atoms with Gasteiger partial charge in [-0.3, -0.25) is 14.5 Å². The summed E-state index contributed by atoms with van der Waals surface area (Å²) in [6, 6.07) is 9.83. The van der Waals surface area contributed by atoms with Gasteiger partial charge >= 0.3 is 0 Å². The SMILES string of the molecule is O=C(Cc1cccs1)N1Cc2ccnn2C[C@@H](OCc2ccncc2)C1. The van der Waals surface area contributed by atoms with Gasteiger partial charge in [0.15, 0.2) is 0 Å². The highest BCUT2D eigenvalue weighted by molar-refractivity contribution is 7.10. The van der Waals surface area contributed by atoms with E-state index in [4.69, 9.17) is 4.74 Å². The largest absolute Gasteiger partial charge is 0.370 e. The molecular formula is C19H20N4O2S. The predicted octanol–water partition coefficient (Wildman–Crippen LogP) is 2.51. The minimum absolute atomic E-state index is 0.100. The van der Waals surface area contributed by atoms with Crippen molar-refractivity contribution >= 4 is 17.2 Å². The Morgan fingerprint density at radius 3 is 2.88 bits per heavy atom. The number of ether oxygens (including phenoxy) is 1. The Bertz CT molecular complexity index is 848. The van der Waals surface area contributed by atoms with E-state index in [1.165, 1.54) is 0 Å². The maximum atomic E-state index is 12.8. The zero-order valence-corrected chi connectivity index (χ0v) is 15.1. The van der Waals surface area contributed by atoms with Crippen molar-refractivity contribution in [2.75, 3.05) is 6.54 Å². The maximum Gasteiger partial charge on any atom is 0.228 e. The van der Waals surface area contributed by atoms with E-state index < -0.39 is 0 Å². The van der Waals surface area contributed by atoms with Crippen molar-refractivity contribution in [3.8, 4) is 0 Å². The highest BCUT2D eigenvalue weighted by Crippen LogP contribution is 2.18. The normalized spacial score (nSPS) is 16.9. The van der Waals surface area contributed by atoms with Gasteiger partial charge in [0.05, 0.1) is 37.9 Å². The average molecular weight is 368 g/mol. The summed E-state index contributed by atoms with van der Waals surface area (Å²) >= 11 is 1.61. The Hall–Kier alpha value is -2.51. The summed E-state index contributed by atoms with van der Waals surface area (Å²) in [7, 11) is 0. The van der Waals surface area contributed by atoms with Crippen molar-refractivity contribution in [2.24, 2.45) is 0 Å². The van der Waals surface area contributed by atoms with Crippen LogP contribution in [0.4, 0.5) is 0 Å². The molecule has 134 valence electrons. The van der Waals surface area contributed by atoms with Crippen molar-refractivity contribution < 1.29 is 9.53 Å². The highest BCUT2D eigenvalue weighted by atomic mass is 32.1. The molecule has 3 aromatic rings. The van der Waals surface area contributed by atoms with E-state index in [9.17, 15) is 4.79 Å². The van der Waals surface area contributed by atoms with E-state index in [1.807, 2.05) is 45.3 Å². The number of fused-ring (bicyclic) bond motifs is 1. The van der Waals surface area contributed by atoms with E-state index >= 15 is 0 Å². The first kappa shape index (κ1) is 16.9. The van der Waals surface area contributed by atoms with Crippen LogP contribution in [-0.2, 0) is 35.6 Å². The molecule has 0 fully saturated rings. The van der Waals surface area contributed by atoms with Gasteiger partial charge in [0.2, 0.25) is 5.91 Å². The maximum absolute atomic E-state index is 12.8. The van der Waals surface area contributed by atoms with Gasteiger partial charge in [0.1, 0.15) is 0 Å². The minimum Gasteiger partial charge on any atom is -0.370 e. The number of carbonyl (C=O) groups is 1. The van der Waals surface area contributed by atoms with E-state index in [0.717, 1.165) is 16.1 Å². The Kier molecular flexibility index (Phi) is 5.08. The molecule has 1 aliphatic heterocycles. The molecule has 0 spiro atoms. The quantitative estimate of drug-likeness (QED) is 0.694. The van der Waals surface area contributed by atoms with Crippen LogP contribution in [0.2, 0.25) is 0 Å². The standard InChI is InChI=1S/C19H20N4O2S/c24-19(10-18-2-1-9-26-18)22-11-16-5-8-21-23(16)13-17(12-22)25-14-15-3-6-20-7-4-15/h1-9,17H,10-14H2/t17-/m0/s1. The Morgan fingerprint density at radius 1 is 1.19 bits per heavy atom. The first-order valence-corrected chi connectivity index (χ1v) is 9.47. The molecule has 1 atom stereocenters. The summed E-state index contributed by atoms with van der Waals surface area (Å²) < 4.78 is 8.05. The van der Waals surface area contributed by atoms with Gasteiger partial charge in [-0.05, 0) is 35.2 Å². The van der Waals surface area contributed by atoms with Crippen LogP contribution >= 0.6 is 11.3 Å². The molecule has 26 heavy (non-hydrogen) atoms. The second-order valence-electron chi connectivity index (χ2n) is 6.32. The van der Waals surface area contributed by atoms with Crippen molar-refractivity contribution in [1.29, 1.82) is 0 Å². The van der Waals surface area contributed by atoms with Gasteiger partial charge in [-0.15, -0.1) is 11.3 Å². The van der Waals surface area contributed by atoms with Crippen LogP contribution in [0, 0.1) is 0 Å². The van der Waals surface area contributed by atoms with Gasteiger partial charge in [-0.1, -0.05) is 6.07 Å². The highest BCUT2D eigenvalue weighted by Gasteiger charge is 2.26. The number of pyridine rings is 1. The van der Waals surface area contributed by atoms with Crippen molar-refractivity contribution in [1.82, 2.24) is 19.7 Å². The lowest BCUT2D eigenvalue weighted by molar-refractivity contribution is -0.133. The molecule has 0 saturated carbocycles. The van der Waals surface area contributed by atoms with E-state index in [1.54, 1.807) is 29.9 Å². The first-order valence-electron chi connectivity index (χ1n) is 8.59. The fourth-order valence-electron chi connectivity index (χ4n) is 3.08. The molecule has 4 rings (SSSR count). The number of thiophene rings is 1. The topological polar surface area (TPSA) is 60.2 Å². The summed E-state index contributed by atoms with van der Waals surface area (Å²) in [6.45, 7) is 2.28. The molecule has 7 heteroatoms. The fourth-order valence-corrected chi connectivity index (χ4v) is 3.77. The lowest BCUT2D eigenvalue weighted by Crippen LogP contribution is -2.38. The Morgan fingerprint density at radius 2 is 2.08 bits per heavy atom. The Balaban J connectivity index is 1.47. The van der Waals surface area contributed by atoms with Crippen LogP contribution in [0.25, 0.3) is 0 Å². The Labute approximate surface area is 156 Å². The molecule has 0 bridgehead atoms. The van der Waals surface area contributed by atoms with E-state index in [-0.39, 0.29) is 12.0 Å². The number of nitrogens with zero attached hydrogens (tertiary/aromatic N) is 4. The van der Waals surface area contributed by atoms with Gasteiger partial charge < -0.3 is 9.64 Å². The molecule has 1 aliphatic rings. The number of carbonyl (C=O) groups excluding carboxylic acids is 1. The molecule has 1 amide bonds. The predicted molar refractivity (Wildman–Crippen MR) is 98.5 cm³/mol. The number of amides is 1. The zero-order chi connectivity index (χ0) is 17.8. The van der Waals surface area contributed by atoms with Crippen molar-refractivity contribution in [3.05, 3.63) is 70.4 Å². The molecule has 0 unspecified atom stereocenters. The van der Waals surface area contributed by atoms with Crippen LogP contribution in [0.5, 0.6) is 0 Å². The van der Waals surface area contributed by atoms with Gasteiger partial charge in [-0.25, -0.2) is 0 Å². The third-order valence-electron chi connectivity index (χ3n) is 4.45. The van der Waals surface area contributed by atoms with Crippen molar-refractivity contribution in [3.63, 3.8) is 0 Å². The lowest BCUT2D eigenvalue weighted by Gasteiger charge is -2.24. The zero-order valence-electron chi connectivity index (χ0n) is 14.3. The second kappa shape index (κ2) is 7.80. The van der Waals surface area contributed by atoms with Gasteiger partial charge in [-0.2, -0.15) is 5.10 Å². The number of rotatable bonds is 5. The molecule has 0 aromatic carbocycles. The molecular weight excluding hydrogens is 348 g/mol. The van der Waals surface area contributed by atoms with Crippen LogP contribution in [-0.4, -0.2) is 38.2 Å². The van der Waals surface area contributed by atoms with Gasteiger partial charge in [0, 0.05) is 30.0 Å². The molecule has 3 aromatic heterocycles. The molecule has 0 saturated heterocycles. The van der Waals surface area contributed by atoms with Crippen LogP contribution < -0.4 is 0 Å². The smallest absolute Gasteiger partial charge is 0.228 e. The average Bonchev–Trinajstić information content (AvgIpc) is 3.29. The van der Waals surface area contributed by atoms with Crippen LogP contribution in [0.1, 0.15) is 16.1 Å². The third kappa shape index (κ3) is 4.00. The van der Waals surface area contributed by atoms with Crippen molar-refractivity contribution in [2.45, 2.75) is 32.2 Å². The molecule has 6 nitrogen and oxygen atoms in total.